The molecule has 0 saturated heterocycles. The fourth-order valence-electron chi connectivity index (χ4n) is 0.743. The maximum Gasteiger partial charge on any atom is 0.338 e. The molecule has 0 saturated carbocycles. The zero-order chi connectivity index (χ0) is 9.52. The lowest BCUT2D eigenvalue weighted by atomic mass is 10.3. The summed E-state index contributed by atoms with van der Waals surface area (Å²) in [6, 6.07) is 3.24. The van der Waals surface area contributed by atoms with Crippen molar-refractivity contribution in [2.75, 3.05) is 12.4 Å². The van der Waals surface area contributed by atoms with Crippen LogP contribution >= 0.6 is 22.5 Å². The maximum atomic E-state index is 11.2. The van der Waals surface area contributed by atoms with Crippen molar-refractivity contribution in [3.63, 3.8) is 0 Å². The van der Waals surface area contributed by atoms with Gasteiger partial charge < -0.3 is 4.74 Å². The lowest BCUT2D eigenvalue weighted by Gasteiger charge is -2.01. The third-order valence-corrected chi connectivity index (χ3v) is 2.22. The van der Waals surface area contributed by atoms with Crippen LogP contribution in [0.4, 0.5) is 0 Å². The number of rotatable bonds is 4. The first-order chi connectivity index (χ1) is 6.34. The van der Waals surface area contributed by atoms with Crippen LogP contribution in [0.2, 0.25) is 0 Å². The Kier molecular flexibility index (Phi) is 4.70. The molecule has 1 rings (SSSR count). The fraction of sp³-hybridized carbons (Fsp3) is 0.250. The van der Waals surface area contributed by atoms with E-state index in [1.807, 2.05) is 0 Å². The van der Waals surface area contributed by atoms with Gasteiger partial charge in [-0.15, -0.1) is 11.7 Å². The molecule has 0 unspecified atom stereocenters. The molecule has 0 radical (unpaired) electrons. The number of esters is 1. The molecule has 0 aliphatic carbocycles. The smallest absolute Gasteiger partial charge is 0.338 e. The van der Waals surface area contributed by atoms with Crippen LogP contribution in [0.3, 0.4) is 0 Å². The molecule has 1 aromatic rings. The number of hydrogen-bond acceptors (Lipinski definition) is 5. The third-order valence-electron chi connectivity index (χ3n) is 1.32. The molecule has 1 heterocycles. The number of thiol groups is 1. The first-order valence-corrected chi connectivity index (χ1v) is 5.72. The summed E-state index contributed by atoms with van der Waals surface area (Å²) in [4.78, 5) is 15.0. The second-order valence-corrected chi connectivity index (χ2v) is 3.65. The molecule has 0 fully saturated rings. The normalized spacial score (nSPS) is 9.62. The lowest BCUT2D eigenvalue weighted by Crippen LogP contribution is -2.07. The molecule has 0 spiro atoms. The van der Waals surface area contributed by atoms with E-state index in [0.717, 1.165) is 0 Å². The van der Waals surface area contributed by atoms with Crippen molar-refractivity contribution in [3.05, 3.63) is 30.1 Å². The minimum atomic E-state index is -0.315. The molecule has 0 atom stereocenters. The highest BCUT2D eigenvalue weighted by Gasteiger charge is 2.04. The van der Waals surface area contributed by atoms with E-state index in [9.17, 15) is 4.79 Å². The van der Waals surface area contributed by atoms with Crippen LogP contribution in [0.25, 0.3) is 0 Å². The summed E-state index contributed by atoms with van der Waals surface area (Å²) in [5.74, 6) is 0.379. The SMILES string of the molecule is O=C(OCCSS)c1ccncc1. The minimum absolute atomic E-state index is 0.315. The monoisotopic (exact) mass is 215 g/mol. The first-order valence-electron chi connectivity index (χ1n) is 3.68. The predicted octanol–water partition coefficient (Wildman–Crippen LogP) is 1.82. The molecule has 0 aliphatic rings. The summed E-state index contributed by atoms with van der Waals surface area (Å²) in [5.41, 5.74) is 0.527. The van der Waals surface area contributed by atoms with Crippen LogP contribution in [0.1, 0.15) is 10.4 Å². The number of ether oxygens (including phenoxy) is 1. The van der Waals surface area contributed by atoms with Gasteiger partial charge in [-0.05, 0) is 12.1 Å². The zero-order valence-electron chi connectivity index (χ0n) is 6.84. The Hall–Kier alpha value is -0.680. The van der Waals surface area contributed by atoms with Crippen LogP contribution in [0.5, 0.6) is 0 Å². The molecule has 13 heavy (non-hydrogen) atoms. The van der Waals surface area contributed by atoms with Crippen LogP contribution in [-0.4, -0.2) is 23.3 Å². The van der Waals surface area contributed by atoms with Crippen LogP contribution in [-0.2, 0) is 4.74 Å². The molecule has 5 heteroatoms. The van der Waals surface area contributed by atoms with Gasteiger partial charge in [0.1, 0.15) is 6.61 Å². The predicted molar refractivity (Wildman–Crippen MR) is 56.0 cm³/mol. The second-order valence-electron chi connectivity index (χ2n) is 2.21. The van der Waals surface area contributed by atoms with Gasteiger partial charge in [-0.3, -0.25) is 4.98 Å². The number of carbonyl (C=O) groups excluding carboxylic acids is 1. The number of hydrogen-bond donors (Lipinski definition) is 1. The summed E-state index contributed by atoms with van der Waals surface area (Å²) in [6.07, 6.45) is 3.12. The Labute approximate surface area is 85.7 Å². The summed E-state index contributed by atoms with van der Waals surface area (Å²) in [6.45, 7) is 0.384. The van der Waals surface area contributed by atoms with E-state index in [-0.39, 0.29) is 5.97 Å². The molecule has 1 aromatic heterocycles. The lowest BCUT2D eigenvalue weighted by molar-refractivity contribution is 0.0530. The first kappa shape index (κ1) is 10.4. The molecular weight excluding hydrogens is 206 g/mol. The summed E-state index contributed by atoms with van der Waals surface area (Å²) < 4.78 is 4.93. The Morgan fingerprint density at radius 3 is 2.85 bits per heavy atom. The van der Waals surface area contributed by atoms with E-state index in [2.05, 4.69) is 16.6 Å². The highest BCUT2D eigenvalue weighted by Crippen LogP contribution is 2.05. The largest absolute Gasteiger partial charge is 0.461 e. The molecule has 70 valence electrons. The fourth-order valence-corrected chi connectivity index (χ4v) is 1.12. The zero-order valence-corrected chi connectivity index (χ0v) is 8.55. The van der Waals surface area contributed by atoms with Gasteiger partial charge in [-0.2, -0.15) is 0 Å². The van der Waals surface area contributed by atoms with E-state index in [1.54, 1.807) is 24.5 Å². The van der Waals surface area contributed by atoms with Crippen LogP contribution < -0.4 is 0 Å². The van der Waals surface area contributed by atoms with Crippen molar-refractivity contribution in [2.45, 2.75) is 0 Å². The molecule has 0 aliphatic heterocycles. The van der Waals surface area contributed by atoms with Gasteiger partial charge in [-0.1, -0.05) is 10.8 Å². The summed E-state index contributed by atoms with van der Waals surface area (Å²) in [7, 11) is 1.34. The van der Waals surface area contributed by atoms with Crippen LogP contribution in [0.15, 0.2) is 24.5 Å². The Balaban J connectivity index is 2.40. The van der Waals surface area contributed by atoms with E-state index in [1.165, 1.54) is 10.8 Å². The average Bonchev–Trinajstić information content (AvgIpc) is 2.19. The van der Waals surface area contributed by atoms with Crippen LogP contribution in [0, 0.1) is 0 Å². The maximum absolute atomic E-state index is 11.2. The number of carbonyl (C=O) groups is 1. The molecule has 3 nitrogen and oxygen atoms in total. The van der Waals surface area contributed by atoms with E-state index < -0.39 is 0 Å². The highest BCUT2D eigenvalue weighted by atomic mass is 33.1. The third kappa shape index (κ3) is 3.69. The minimum Gasteiger partial charge on any atom is -0.461 e. The standard InChI is InChI=1S/C8H9NO2S2/c10-8(11-5-6-13-12)7-1-3-9-4-2-7/h1-4,12H,5-6H2. The molecule has 0 N–H and O–H groups in total. The Morgan fingerprint density at radius 1 is 1.54 bits per heavy atom. The van der Waals surface area contributed by atoms with Gasteiger partial charge in [0.15, 0.2) is 0 Å². The molecular formula is C8H9NO2S2. The van der Waals surface area contributed by atoms with E-state index in [4.69, 9.17) is 4.74 Å². The molecule has 0 amide bonds. The van der Waals surface area contributed by atoms with Crippen molar-refractivity contribution in [2.24, 2.45) is 0 Å². The topological polar surface area (TPSA) is 39.2 Å². The average molecular weight is 215 g/mol. The van der Waals surface area contributed by atoms with Crippen molar-refractivity contribution in [1.82, 2.24) is 4.98 Å². The van der Waals surface area contributed by atoms with Crippen molar-refractivity contribution in [1.29, 1.82) is 0 Å². The van der Waals surface area contributed by atoms with Gasteiger partial charge in [0.2, 0.25) is 0 Å². The van der Waals surface area contributed by atoms with Crippen molar-refractivity contribution >= 4 is 28.4 Å². The summed E-state index contributed by atoms with van der Waals surface area (Å²) in [5, 5.41) is 0. The van der Waals surface area contributed by atoms with E-state index >= 15 is 0 Å². The van der Waals surface area contributed by atoms with Gasteiger partial charge in [-0.25, -0.2) is 4.79 Å². The van der Waals surface area contributed by atoms with Gasteiger partial charge >= 0.3 is 5.97 Å². The number of aromatic nitrogens is 1. The number of pyridine rings is 1. The van der Waals surface area contributed by atoms with Crippen molar-refractivity contribution in [3.8, 4) is 0 Å². The summed E-state index contributed by atoms with van der Waals surface area (Å²) >= 11 is 3.93. The molecule has 0 aromatic carbocycles. The van der Waals surface area contributed by atoms with Crippen molar-refractivity contribution < 1.29 is 9.53 Å². The van der Waals surface area contributed by atoms with E-state index in [0.29, 0.717) is 17.9 Å². The van der Waals surface area contributed by atoms with Gasteiger partial charge in [0.05, 0.1) is 5.56 Å². The van der Waals surface area contributed by atoms with Gasteiger partial charge in [0, 0.05) is 18.1 Å². The Morgan fingerprint density at radius 2 is 2.23 bits per heavy atom. The highest BCUT2D eigenvalue weighted by molar-refractivity contribution is 8.68. The number of nitrogens with zero attached hydrogens (tertiary/aromatic N) is 1. The quantitative estimate of drug-likeness (QED) is 0.360. The second kappa shape index (κ2) is 5.88. The Bertz CT molecular complexity index is 266. The van der Waals surface area contributed by atoms with Gasteiger partial charge in [0.25, 0.3) is 0 Å². The molecule has 0 bridgehead atoms.